The molecule has 0 spiro atoms. The Bertz CT molecular complexity index is 1060. The van der Waals surface area contributed by atoms with Gasteiger partial charge in [-0.25, -0.2) is 4.39 Å². The van der Waals surface area contributed by atoms with E-state index in [4.69, 9.17) is 9.47 Å². The lowest BCUT2D eigenvalue weighted by molar-refractivity contribution is 0.102. The van der Waals surface area contributed by atoms with E-state index in [1.807, 2.05) is 6.07 Å². The number of amides is 1. The van der Waals surface area contributed by atoms with E-state index in [0.717, 1.165) is 0 Å². The summed E-state index contributed by atoms with van der Waals surface area (Å²) in [5.41, 5.74) is 2.44. The van der Waals surface area contributed by atoms with Gasteiger partial charge in [0.05, 0.1) is 18.2 Å². The quantitative estimate of drug-likeness (QED) is 0.597. The molecule has 5 nitrogen and oxygen atoms in total. The smallest absolute Gasteiger partial charge is 0.256 e. The molecule has 0 bridgehead atoms. The van der Waals surface area contributed by atoms with Gasteiger partial charge in [-0.15, -0.1) is 0 Å². The van der Waals surface area contributed by atoms with Gasteiger partial charge in [0.15, 0.2) is 11.6 Å². The molecule has 0 heterocycles. The summed E-state index contributed by atoms with van der Waals surface area (Å²) in [4.78, 5) is 12.9. The summed E-state index contributed by atoms with van der Waals surface area (Å²) in [6.45, 7) is 0.573. The maximum Gasteiger partial charge on any atom is 0.256 e. The molecule has 6 heteroatoms. The SMILES string of the molecule is COCCOc1ccc(NC(=O)c2ccccc2-c2ccccc2C#N)cc1F. The van der Waals surface area contributed by atoms with Crippen LogP contribution in [0.2, 0.25) is 0 Å². The fourth-order valence-corrected chi connectivity index (χ4v) is 2.86. The van der Waals surface area contributed by atoms with Crippen LogP contribution in [0, 0.1) is 17.1 Å². The summed E-state index contributed by atoms with van der Waals surface area (Å²) < 4.78 is 24.4. The Morgan fingerprint density at radius 1 is 1.03 bits per heavy atom. The molecular formula is C23H19FN2O3. The molecule has 0 aliphatic carbocycles. The molecule has 3 rings (SSSR count). The minimum absolute atomic E-state index is 0.0865. The molecule has 146 valence electrons. The molecule has 0 aliphatic rings. The Morgan fingerprint density at radius 3 is 2.48 bits per heavy atom. The van der Waals surface area contributed by atoms with E-state index in [1.165, 1.54) is 19.2 Å². The van der Waals surface area contributed by atoms with Gasteiger partial charge in [-0.2, -0.15) is 5.26 Å². The maximum absolute atomic E-state index is 14.2. The van der Waals surface area contributed by atoms with Gasteiger partial charge in [-0.3, -0.25) is 4.79 Å². The second-order valence-corrected chi connectivity index (χ2v) is 6.14. The zero-order chi connectivity index (χ0) is 20.6. The van der Waals surface area contributed by atoms with Crippen molar-refractivity contribution >= 4 is 11.6 Å². The van der Waals surface area contributed by atoms with E-state index in [2.05, 4.69) is 11.4 Å². The number of rotatable bonds is 7. The van der Waals surface area contributed by atoms with Gasteiger partial charge < -0.3 is 14.8 Å². The Labute approximate surface area is 168 Å². The fourth-order valence-electron chi connectivity index (χ4n) is 2.86. The lowest BCUT2D eigenvalue weighted by Gasteiger charge is -2.12. The number of halogens is 1. The van der Waals surface area contributed by atoms with Crippen molar-refractivity contribution in [2.24, 2.45) is 0 Å². The number of nitrogens with one attached hydrogen (secondary N) is 1. The van der Waals surface area contributed by atoms with E-state index in [-0.39, 0.29) is 12.4 Å². The number of anilines is 1. The van der Waals surface area contributed by atoms with Crippen LogP contribution in [0.3, 0.4) is 0 Å². The van der Waals surface area contributed by atoms with Crippen molar-refractivity contribution in [2.45, 2.75) is 0 Å². The third-order valence-corrected chi connectivity index (χ3v) is 4.24. The van der Waals surface area contributed by atoms with E-state index in [9.17, 15) is 14.4 Å². The number of hydrogen-bond acceptors (Lipinski definition) is 4. The van der Waals surface area contributed by atoms with Gasteiger partial charge >= 0.3 is 0 Å². The summed E-state index contributed by atoms with van der Waals surface area (Å²) in [5.74, 6) is -0.897. The highest BCUT2D eigenvalue weighted by Gasteiger charge is 2.15. The van der Waals surface area contributed by atoms with Crippen LogP contribution >= 0.6 is 0 Å². The molecular weight excluding hydrogens is 371 g/mol. The molecule has 0 fully saturated rings. The zero-order valence-corrected chi connectivity index (χ0v) is 15.8. The van der Waals surface area contributed by atoms with Crippen LogP contribution in [0.5, 0.6) is 5.75 Å². The predicted molar refractivity (Wildman–Crippen MR) is 108 cm³/mol. The minimum Gasteiger partial charge on any atom is -0.488 e. The van der Waals surface area contributed by atoms with Crippen LogP contribution in [0.1, 0.15) is 15.9 Å². The Balaban J connectivity index is 1.84. The van der Waals surface area contributed by atoms with E-state index >= 15 is 0 Å². The van der Waals surface area contributed by atoms with E-state index in [1.54, 1.807) is 48.5 Å². The first-order valence-electron chi connectivity index (χ1n) is 8.95. The molecule has 0 radical (unpaired) electrons. The molecule has 0 atom stereocenters. The molecule has 29 heavy (non-hydrogen) atoms. The Hall–Kier alpha value is -3.69. The Kier molecular flexibility index (Phi) is 6.56. The zero-order valence-electron chi connectivity index (χ0n) is 15.8. The Morgan fingerprint density at radius 2 is 1.76 bits per heavy atom. The van der Waals surface area contributed by atoms with Crippen LogP contribution in [0.25, 0.3) is 11.1 Å². The molecule has 3 aromatic rings. The molecule has 0 saturated heterocycles. The van der Waals surface area contributed by atoms with Crippen LogP contribution < -0.4 is 10.1 Å². The van der Waals surface area contributed by atoms with Crippen LogP contribution in [0.15, 0.2) is 66.7 Å². The van der Waals surface area contributed by atoms with Crippen LogP contribution in [-0.2, 0) is 4.74 Å². The highest BCUT2D eigenvalue weighted by Crippen LogP contribution is 2.28. The van der Waals surface area contributed by atoms with Gasteiger partial charge in [-0.05, 0) is 29.8 Å². The van der Waals surface area contributed by atoms with Crippen molar-refractivity contribution in [3.63, 3.8) is 0 Å². The third-order valence-electron chi connectivity index (χ3n) is 4.24. The predicted octanol–water partition coefficient (Wildman–Crippen LogP) is 4.64. The average molecular weight is 390 g/mol. The van der Waals surface area contributed by atoms with Gasteiger partial charge in [0.25, 0.3) is 5.91 Å². The number of carbonyl (C=O) groups is 1. The van der Waals surface area contributed by atoms with Crippen molar-refractivity contribution < 1.29 is 18.7 Å². The number of ether oxygens (including phenoxy) is 2. The third kappa shape index (κ3) is 4.78. The normalized spacial score (nSPS) is 10.2. The highest BCUT2D eigenvalue weighted by molar-refractivity contribution is 6.09. The standard InChI is InChI=1S/C23H19FN2O3/c1-28-12-13-29-22-11-10-17(14-21(22)24)26-23(27)20-9-5-4-8-19(20)18-7-3-2-6-16(18)15-25/h2-11,14H,12-13H2,1H3,(H,26,27). The van der Waals surface area contributed by atoms with E-state index in [0.29, 0.717) is 34.5 Å². The lowest BCUT2D eigenvalue weighted by Crippen LogP contribution is -2.13. The number of nitriles is 1. The average Bonchev–Trinajstić information content (AvgIpc) is 2.75. The topological polar surface area (TPSA) is 71.3 Å². The van der Waals surface area contributed by atoms with Crippen molar-refractivity contribution in [3.8, 4) is 22.9 Å². The molecule has 0 unspecified atom stereocenters. The molecule has 0 aromatic heterocycles. The van der Waals surface area contributed by atoms with Crippen molar-refractivity contribution in [3.05, 3.63) is 83.7 Å². The lowest BCUT2D eigenvalue weighted by atomic mass is 9.95. The van der Waals surface area contributed by atoms with Gasteiger partial charge in [0.2, 0.25) is 0 Å². The molecule has 1 amide bonds. The van der Waals surface area contributed by atoms with Crippen LogP contribution in [0.4, 0.5) is 10.1 Å². The molecule has 0 saturated carbocycles. The second kappa shape index (κ2) is 9.49. The summed E-state index contributed by atoms with van der Waals surface area (Å²) in [6, 6.07) is 20.4. The van der Waals surface area contributed by atoms with Crippen molar-refractivity contribution in [1.29, 1.82) is 5.26 Å². The minimum atomic E-state index is -0.581. The number of carbonyl (C=O) groups excluding carboxylic acids is 1. The summed E-state index contributed by atoms with van der Waals surface area (Å²) in [7, 11) is 1.53. The number of nitrogens with zero attached hydrogens (tertiary/aromatic N) is 1. The van der Waals surface area contributed by atoms with Crippen LogP contribution in [-0.4, -0.2) is 26.2 Å². The highest BCUT2D eigenvalue weighted by atomic mass is 19.1. The summed E-state index contributed by atoms with van der Waals surface area (Å²) >= 11 is 0. The molecule has 1 N–H and O–H groups in total. The first kappa shape index (κ1) is 20.1. The summed E-state index contributed by atoms with van der Waals surface area (Å²) in [5, 5.41) is 12.1. The fraction of sp³-hybridized carbons (Fsp3) is 0.130. The van der Waals surface area contributed by atoms with Gasteiger partial charge in [0.1, 0.15) is 6.61 Å². The van der Waals surface area contributed by atoms with Crippen molar-refractivity contribution in [1.82, 2.24) is 0 Å². The van der Waals surface area contributed by atoms with E-state index < -0.39 is 11.7 Å². The van der Waals surface area contributed by atoms with Gasteiger partial charge in [-0.1, -0.05) is 36.4 Å². The van der Waals surface area contributed by atoms with Crippen molar-refractivity contribution in [2.75, 3.05) is 25.6 Å². The van der Waals surface area contributed by atoms with Gasteiger partial charge in [0, 0.05) is 30.0 Å². The largest absolute Gasteiger partial charge is 0.488 e. The second-order valence-electron chi connectivity index (χ2n) is 6.14. The number of methoxy groups -OCH3 is 1. The molecule has 3 aromatic carbocycles. The number of hydrogen-bond donors (Lipinski definition) is 1. The first-order chi connectivity index (χ1) is 14.1. The molecule has 0 aliphatic heterocycles. The summed E-state index contributed by atoms with van der Waals surface area (Å²) in [6.07, 6.45) is 0. The monoisotopic (exact) mass is 390 g/mol. The first-order valence-corrected chi connectivity index (χ1v) is 8.95. The maximum atomic E-state index is 14.2. The number of benzene rings is 3.